The van der Waals surface area contributed by atoms with Crippen LogP contribution in [0.2, 0.25) is 0 Å². The van der Waals surface area contributed by atoms with Crippen LogP contribution in [-0.2, 0) is 0 Å². The number of hydrogen-bond acceptors (Lipinski definition) is 2. The molecule has 0 aliphatic heterocycles. The van der Waals surface area contributed by atoms with Gasteiger partial charge < -0.3 is 10.0 Å². The van der Waals surface area contributed by atoms with Gasteiger partial charge >= 0.3 is 0 Å². The van der Waals surface area contributed by atoms with Gasteiger partial charge in [-0.25, -0.2) is 0 Å². The molecule has 0 bridgehead atoms. The summed E-state index contributed by atoms with van der Waals surface area (Å²) in [6.07, 6.45) is 5.17. The molecule has 0 radical (unpaired) electrons. The summed E-state index contributed by atoms with van der Waals surface area (Å²) in [4.78, 5) is 2.32. The molecule has 13 heavy (non-hydrogen) atoms. The highest BCUT2D eigenvalue weighted by atomic mass is 16.3. The van der Waals surface area contributed by atoms with Crippen molar-refractivity contribution < 1.29 is 5.11 Å². The Morgan fingerprint density at radius 3 is 2.69 bits per heavy atom. The molecule has 3 atom stereocenters. The monoisotopic (exact) mass is 185 g/mol. The van der Waals surface area contributed by atoms with Gasteiger partial charge in [0.15, 0.2) is 0 Å². The van der Waals surface area contributed by atoms with Gasteiger partial charge in [-0.05, 0) is 32.7 Å². The fourth-order valence-corrected chi connectivity index (χ4v) is 2.37. The van der Waals surface area contributed by atoms with Crippen LogP contribution < -0.4 is 0 Å². The minimum atomic E-state index is -0.192. The average Bonchev–Trinajstić information content (AvgIpc) is 2.03. The van der Waals surface area contributed by atoms with Gasteiger partial charge in [-0.15, -0.1) is 0 Å². The highest BCUT2D eigenvalue weighted by Crippen LogP contribution is 2.26. The van der Waals surface area contributed by atoms with E-state index in [1.54, 1.807) is 0 Å². The van der Waals surface area contributed by atoms with Gasteiger partial charge in [-0.2, -0.15) is 0 Å². The molecule has 1 N–H and O–H groups in total. The van der Waals surface area contributed by atoms with Crippen molar-refractivity contribution in [2.24, 2.45) is 5.92 Å². The Bertz CT molecular complexity index is 147. The third-order valence-corrected chi connectivity index (χ3v) is 3.08. The van der Waals surface area contributed by atoms with Crippen LogP contribution in [0, 0.1) is 5.92 Å². The molecule has 0 aromatic heterocycles. The van der Waals surface area contributed by atoms with Crippen LogP contribution in [0.25, 0.3) is 0 Å². The molecule has 1 rings (SSSR count). The summed E-state index contributed by atoms with van der Waals surface area (Å²) in [6, 6.07) is 0.707. The summed E-state index contributed by atoms with van der Waals surface area (Å²) in [6.45, 7) is 5.02. The highest BCUT2D eigenvalue weighted by Gasteiger charge is 2.22. The second kappa shape index (κ2) is 4.97. The van der Waals surface area contributed by atoms with E-state index in [0.29, 0.717) is 6.04 Å². The van der Waals surface area contributed by atoms with E-state index in [9.17, 15) is 5.11 Å². The fourth-order valence-electron chi connectivity index (χ4n) is 2.37. The summed E-state index contributed by atoms with van der Waals surface area (Å²) in [5.41, 5.74) is 0. The molecule has 2 heteroatoms. The summed E-state index contributed by atoms with van der Waals surface area (Å²) in [5.74, 6) is 0.871. The van der Waals surface area contributed by atoms with E-state index in [1.807, 2.05) is 6.92 Å². The number of likely N-dealkylation sites (N-methyl/N-ethyl adjacent to an activating group) is 1. The molecular formula is C11H23NO. The molecule has 78 valence electrons. The molecular weight excluding hydrogens is 162 g/mol. The summed E-state index contributed by atoms with van der Waals surface area (Å²) < 4.78 is 0. The number of aliphatic hydroxyl groups excluding tert-OH is 1. The zero-order valence-corrected chi connectivity index (χ0v) is 9.16. The predicted molar refractivity (Wildman–Crippen MR) is 55.7 cm³/mol. The minimum Gasteiger partial charge on any atom is -0.392 e. The van der Waals surface area contributed by atoms with Crippen LogP contribution in [-0.4, -0.2) is 35.7 Å². The van der Waals surface area contributed by atoms with Gasteiger partial charge in [0, 0.05) is 12.6 Å². The summed E-state index contributed by atoms with van der Waals surface area (Å²) in [5, 5.41) is 9.28. The maximum absolute atomic E-state index is 9.28. The van der Waals surface area contributed by atoms with E-state index in [2.05, 4.69) is 18.9 Å². The van der Waals surface area contributed by atoms with Crippen molar-refractivity contribution in [1.82, 2.24) is 4.90 Å². The number of hydrogen-bond donors (Lipinski definition) is 1. The topological polar surface area (TPSA) is 23.5 Å². The van der Waals surface area contributed by atoms with E-state index in [-0.39, 0.29) is 6.10 Å². The van der Waals surface area contributed by atoms with Crippen molar-refractivity contribution >= 4 is 0 Å². The normalized spacial score (nSPS) is 32.1. The molecule has 1 saturated carbocycles. The minimum absolute atomic E-state index is 0.192. The molecule has 1 aliphatic rings. The zero-order valence-electron chi connectivity index (χ0n) is 9.16. The number of nitrogens with zero attached hydrogens (tertiary/aromatic N) is 1. The van der Waals surface area contributed by atoms with Crippen molar-refractivity contribution in [3.05, 3.63) is 0 Å². The van der Waals surface area contributed by atoms with Gasteiger partial charge in [-0.3, -0.25) is 0 Å². The zero-order chi connectivity index (χ0) is 9.84. The Labute approximate surface area is 81.9 Å². The summed E-state index contributed by atoms with van der Waals surface area (Å²) >= 11 is 0. The van der Waals surface area contributed by atoms with Crippen LogP contribution in [0.4, 0.5) is 0 Å². The van der Waals surface area contributed by atoms with Crippen molar-refractivity contribution in [2.75, 3.05) is 13.6 Å². The fraction of sp³-hybridized carbons (Fsp3) is 1.00. The average molecular weight is 185 g/mol. The largest absolute Gasteiger partial charge is 0.392 e. The van der Waals surface area contributed by atoms with Crippen molar-refractivity contribution in [3.8, 4) is 0 Å². The molecule has 0 amide bonds. The molecule has 0 aromatic rings. The van der Waals surface area contributed by atoms with Gasteiger partial charge in [-0.1, -0.05) is 19.8 Å². The first-order chi connectivity index (χ1) is 6.09. The standard InChI is InChI=1S/C11H23NO/c1-9-5-4-6-11(7-9)12(3)8-10(2)13/h9-11,13H,4-8H2,1-3H3/t9?,10-,11?/m1/s1. The molecule has 0 heterocycles. The number of aliphatic hydroxyl groups is 1. The maximum atomic E-state index is 9.28. The lowest BCUT2D eigenvalue weighted by molar-refractivity contribution is 0.0930. The summed E-state index contributed by atoms with van der Waals surface area (Å²) in [7, 11) is 2.13. The van der Waals surface area contributed by atoms with E-state index >= 15 is 0 Å². The van der Waals surface area contributed by atoms with Crippen molar-refractivity contribution in [3.63, 3.8) is 0 Å². The lowest BCUT2D eigenvalue weighted by Crippen LogP contribution is -2.39. The Morgan fingerprint density at radius 2 is 2.15 bits per heavy atom. The molecule has 0 saturated heterocycles. The van der Waals surface area contributed by atoms with Crippen molar-refractivity contribution in [1.29, 1.82) is 0 Å². The van der Waals surface area contributed by atoms with E-state index < -0.39 is 0 Å². The maximum Gasteiger partial charge on any atom is 0.0639 e. The van der Waals surface area contributed by atoms with E-state index in [4.69, 9.17) is 0 Å². The van der Waals surface area contributed by atoms with Crippen LogP contribution in [0.15, 0.2) is 0 Å². The van der Waals surface area contributed by atoms with Crippen molar-refractivity contribution in [2.45, 2.75) is 51.7 Å². The molecule has 0 aromatic carbocycles. The third-order valence-electron chi connectivity index (χ3n) is 3.08. The second-order valence-corrected chi connectivity index (χ2v) is 4.71. The Hall–Kier alpha value is -0.0800. The van der Waals surface area contributed by atoms with Crippen LogP contribution in [0.1, 0.15) is 39.5 Å². The first-order valence-electron chi connectivity index (χ1n) is 5.48. The molecule has 1 fully saturated rings. The SMILES string of the molecule is CC1CCCC(N(C)C[C@@H](C)O)C1. The predicted octanol–water partition coefficient (Wildman–Crippen LogP) is 1.88. The lowest BCUT2D eigenvalue weighted by Gasteiger charge is -2.34. The highest BCUT2D eigenvalue weighted by molar-refractivity contribution is 4.77. The number of rotatable bonds is 3. The Morgan fingerprint density at radius 1 is 1.46 bits per heavy atom. The van der Waals surface area contributed by atoms with Gasteiger partial charge in [0.1, 0.15) is 0 Å². The first kappa shape index (κ1) is 11.0. The Balaban J connectivity index is 2.32. The molecule has 2 nitrogen and oxygen atoms in total. The second-order valence-electron chi connectivity index (χ2n) is 4.71. The van der Waals surface area contributed by atoms with Gasteiger partial charge in [0.25, 0.3) is 0 Å². The van der Waals surface area contributed by atoms with E-state index in [1.165, 1.54) is 25.7 Å². The Kier molecular flexibility index (Phi) is 4.20. The first-order valence-corrected chi connectivity index (χ1v) is 5.48. The third kappa shape index (κ3) is 3.65. The lowest BCUT2D eigenvalue weighted by atomic mass is 9.86. The smallest absolute Gasteiger partial charge is 0.0639 e. The van der Waals surface area contributed by atoms with E-state index in [0.717, 1.165) is 12.5 Å². The van der Waals surface area contributed by atoms with Gasteiger partial charge in [0.05, 0.1) is 6.10 Å². The molecule has 2 unspecified atom stereocenters. The quantitative estimate of drug-likeness (QED) is 0.725. The van der Waals surface area contributed by atoms with Crippen LogP contribution in [0.5, 0.6) is 0 Å². The van der Waals surface area contributed by atoms with Crippen LogP contribution >= 0.6 is 0 Å². The van der Waals surface area contributed by atoms with Crippen LogP contribution in [0.3, 0.4) is 0 Å². The van der Waals surface area contributed by atoms with Gasteiger partial charge in [0.2, 0.25) is 0 Å². The molecule has 1 aliphatic carbocycles. The molecule has 0 spiro atoms.